The summed E-state index contributed by atoms with van der Waals surface area (Å²) < 4.78 is 0. The topological polar surface area (TPSA) is 208 Å². The lowest BCUT2D eigenvalue weighted by Gasteiger charge is -2.25. The second-order valence-electron chi connectivity index (χ2n) is 8.25. The van der Waals surface area contributed by atoms with Crippen molar-refractivity contribution in [3.05, 3.63) is 36.4 Å². The zero-order valence-electron chi connectivity index (χ0n) is 20.7. The zero-order chi connectivity index (χ0) is 27.2. The fourth-order valence-electron chi connectivity index (χ4n) is 3.35. The van der Waals surface area contributed by atoms with E-state index in [1.165, 1.54) is 36.8 Å². The number of nitrogens with one attached hydrogen (secondary N) is 5. The fraction of sp³-hybridized carbons (Fsp3) is 0.545. The molecule has 0 saturated heterocycles. The molecule has 2 rings (SSSR count). The first-order valence-electron chi connectivity index (χ1n) is 11.6. The number of nitrogens with two attached hydrogens (primary N) is 1. The van der Waals surface area contributed by atoms with Crippen LogP contribution < -0.4 is 21.7 Å². The van der Waals surface area contributed by atoms with Crippen LogP contribution in [-0.4, -0.2) is 96.9 Å². The molecule has 37 heavy (non-hydrogen) atoms. The lowest BCUT2D eigenvalue weighted by molar-refractivity contribution is -0.142. The number of H-pyrrole nitrogens is 2. The van der Waals surface area contributed by atoms with Crippen molar-refractivity contribution in [3.63, 3.8) is 0 Å². The average molecular weight is 555 g/mol. The van der Waals surface area contributed by atoms with E-state index < -0.39 is 47.9 Å². The molecule has 8 N–H and O–H groups in total. The Bertz CT molecular complexity index is 989. The number of nitrogens with zero attached hydrogens (tertiary/aromatic N) is 2. The van der Waals surface area contributed by atoms with Crippen LogP contribution >= 0.6 is 23.5 Å². The number of aromatic nitrogens is 4. The van der Waals surface area contributed by atoms with E-state index in [0.717, 1.165) is 0 Å². The number of hydrogen-bond acceptors (Lipinski definition) is 9. The summed E-state index contributed by atoms with van der Waals surface area (Å²) >= 11 is 3.03. The highest BCUT2D eigenvalue weighted by atomic mass is 32.2. The van der Waals surface area contributed by atoms with Crippen LogP contribution in [0, 0.1) is 0 Å². The number of carboxylic acids is 1. The summed E-state index contributed by atoms with van der Waals surface area (Å²) in [6, 6.07) is -4.07. The minimum Gasteiger partial charge on any atom is -0.480 e. The Morgan fingerprint density at radius 3 is 1.84 bits per heavy atom. The summed E-state index contributed by atoms with van der Waals surface area (Å²) in [6.07, 6.45) is 10.4. The minimum atomic E-state index is -1.23. The Morgan fingerprint density at radius 2 is 1.32 bits per heavy atom. The molecular formula is C22H34N8O5S2. The van der Waals surface area contributed by atoms with Gasteiger partial charge in [-0.05, 0) is 36.9 Å². The van der Waals surface area contributed by atoms with Gasteiger partial charge in [0, 0.05) is 36.6 Å². The quantitative estimate of drug-likeness (QED) is 0.131. The number of imidazole rings is 2. The largest absolute Gasteiger partial charge is 0.480 e. The van der Waals surface area contributed by atoms with E-state index in [-0.39, 0.29) is 19.3 Å². The molecule has 0 bridgehead atoms. The van der Waals surface area contributed by atoms with Crippen molar-refractivity contribution in [1.29, 1.82) is 0 Å². The van der Waals surface area contributed by atoms with Crippen LogP contribution in [0.5, 0.6) is 0 Å². The molecule has 0 fully saturated rings. The highest BCUT2D eigenvalue weighted by molar-refractivity contribution is 7.98. The summed E-state index contributed by atoms with van der Waals surface area (Å²) in [4.78, 5) is 64.2. The Hall–Kier alpha value is -3.04. The first kappa shape index (κ1) is 30.2. The number of carbonyl (C=O) groups is 4. The number of thioether (sulfide) groups is 2. The maximum Gasteiger partial charge on any atom is 0.326 e. The zero-order valence-corrected chi connectivity index (χ0v) is 22.4. The van der Waals surface area contributed by atoms with Crippen molar-refractivity contribution in [1.82, 2.24) is 35.9 Å². The molecule has 0 aliphatic heterocycles. The predicted molar refractivity (Wildman–Crippen MR) is 142 cm³/mol. The molecule has 2 aromatic heterocycles. The van der Waals surface area contributed by atoms with Crippen LogP contribution in [0.2, 0.25) is 0 Å². The number of carboxylic acid groups (broad SMARTS) is 1. The van der Waals surface area contributed by atoms with E-state index in [1.807, 2.05) is 12.5 Å². The van der Waals surface area contributed by atoms with Crippen LogP contribution in [0.1, 0.15) is 24.2 Å². The van der Waals surface area contributed by atoms with Gasteiger partial charge >= 0.3 is 5.97 Å². The maximum absolute atomic E-state index is 13.3. The lowest BCUT2D eigenvalue weighted by Crippen LogP contribution is -2.58. The van der Waals surface area contributed by atoms with Crippen molar-refractivity contribution in [3.8, 4) is 0 Å². The normalized spacial score (nSPS) is 14.2. The van der Waals surface area contributed by atoms with Crippen LogP contribution in [0.25, 0.3) is 0 Å². The molecular weight excluding hydrogens is 520 g/mol. The van der Waals surface area contributed by atoms with Gasteiger partial charge in [-0.15, -0.1) is 0 Å². The number of hydrogen-bond donors (Lipinski definition) is 7. The van der Waals surface area contributed by atoms with Crippen molar-refractivity contribution < 1.29 is 24.3 Å². The maximum atomic E-state index is 13.3. The van der Waals surface area contributed by atoms with Gasteiger partial charge in [0.2, 0.25) is 17.7 Å². The second kappa shape index (κ2) is 15.9. The smallest absolute Gasteiger partial charge is 0.326 e. The van der Waals surface area contributed by atoms with Gasteiger partial charge in [0.1, 0.15) is 18.1 Å². The van der Waals surface area contributed by atoms with Crippen LogP contribution in [0.4, 0.5) is 0 Å². The third-order valence-electron chi connectivity index (χ3n) is 5.42. The average Bonchev–Trinajstić information content (AvgIpc) is 3.58. The molecule has 0 saturated carbocycles. The molecule has 4 atom stereocenters. The lowest BCUT2D eigenvalue weighted by atomic mass is 10.1. The van der Waals surface area contributed by atoms with E-state index in [9.17, 15) is 24.3 Å². The third kappa shape index (κ3) is 10.5. The second-order valence-corrected chi connectivity index (χ2v) is 10.2. The molecule has 3 amide bonds. The van der Waals surface area contributed by atoms with Gasteiger partial charge in [-0.2, -0.15) is 23.5 Å². The molecule has 0 aromatic carbocycles. The molecule has 15 heteroatoms. The molecule has 4 unspecified atom stereocenters. The number of amides is 3. The Kier molecular flexibility index (Phi) is 13.0. The number of aliphatic carboxylic acids is 1. The van der Waals surface area contributed by atoms with Gasteiger partial charge in [-0.1, -0.05) is 0 Å². The van der Waals surface area contributed by atoms with E-state index in [0.29, 0.717) is 29.3 Å². The summed E-state index contributed by atoms with van der Waals surface area (Å²) in [5.41, 5.74) is 7.12. The first-order valence-corrected chi connectivity index (χ1v) is 14.4. The highest BCUT2D eigenvalue weighted by Crippen LogP contribution is 2.07. The molecule has 0 radical (unpaired) electrons. The van der Waals surface area contributed by atoms with Crippen molar-refractivity contribution in [2.75, 3.05) is 24.0 Å². The van der Waals surface area contributed by atoms with E-state index in [2.05, 4.69) is 35.9 Å². The predicted octanol–water partition coefficient (Wildman–Crippen LogP) is -0.709. The number of carbonyl (C=O) groups excluding carboxylic acids is 3. The first-order chi connectivity index (χ1) is 17.7. The molecule has 2 heterocycles. The Morgan fingerprint density at radius 1 is 0.838 bits per heavy atom. The molecule has 13 nitrogen and oxygen atoms in total. The van der Waals surface area contributed by atoms with Gasteiger partial charge in [0.05, 0.1) is 18.7 Å². The van der Waals surface area contributed by atoms with Crippen molar-refractivity contribution in [2.24, 2.45) is 5.73 Å². The van der Waals surface area contributed by atoms with Crippen molar-refractivity contribution in [2.45, 2.75) is 49.9 Å². The highest BCUT2D eigenvalue weighted by Gasteiger charge is 2.30. The third-order valence-corrected chi connectivity index (χ3v) is 6.71. The molecule has 0 aliphatic rings. The fourth-order valence-corrected chi connectivity index (χ4v) is 4.31. The van der Waals surface area contributed by atoms with Crippen LogP contribution in [0.3, 0.4) is 0 Å². The molecule has 0 aliphatic carbocycles. The summed E-state index contributed by atoms with van der Waals surface area (Å²) in [6.45, 7) is 0. The molecule has 204 valence electrons. The number of aromatic amines is 2. The molecule has 0 spiro atoms. The van der Waals surface area contributed by atoms with Gasteiger partial charge in [0.25, 0.3) is 0 Å². The number of rotatable bonds is 17. The van der Waals surface area contributed by atoms with E-state index >= 15 is 0 Å². The Balaban J connectivity index is 2.14. The molecule has 2 aromatic rings. The SMILES string of the molecule is CSCCC(N)C(=O)NC(Cc1cnc[nH]1)C(=O)NC(CCSC)C(=O)NC(Cc1cnc[nH]1)C(=O)O. The minimum absolute atomic E-state index is 0.00327. The summed E-state index contributed by atoms with van der Waals surface area (Å²) in [5.74, 6) is -1.72. The van der Waals surface area contributed by atoms with Gasteiger partial charge in [-0.25, -0.2) is 14.8 Å². The van der Waals surface area contributed by atoms with Gasteiger partial charge in [0.15, 0.2) is 0 Å². The summed E-state index contributed by atoms with van der Waals surface area (Å²) in [7, 11) is 0. The van der Waals surface area contributed by atoms with Gasteiger partial charge < -0.3 is 36.8 Å². The van der Waals surface area contributed by atoms with Crippen LogP contribution in [0.15, 0.2) is 25.0 Å². The standard InChI is InChI=1S/C22H34N8O5S2/c1-36-5-3-15(23)19(31)29-17(7-13-9-24-11-26-13)21(33)28-16(4-6-37-2)20(32)30-18(22(34)35)8-14-10-25-12-27-14/h9-12,15-18H,3-8,23H2,1-2H3,(H,24,26)(H,25,27)(H,28,33)(H,29,31)(H,30,32)(H,34,35). The Labute approximate surface area is 223 Å². The van der Waals surface area contributed by atoms with Crippen LogP contribution in [-0.2, 0) is 32.0 Å². The van der Waals surface area contributed by atoms with E-state index in [1.54, 1.807) is 11.8 Å². The van der Waals surface area contributed by atoms with Crippen molar-refractivity contribution >= 4 is 47.2 Å². The van der Waals surface area contributed by atoms with Gasteiger partial charge in [-0.3, -0.25) is 14.4 Å². The monoisotopic (exact) mass is 554 g/mol. The van der Waals surface area contributed by atoms with E-state index in [4.69, 9.17) is 5.73 Å². The summed E-state index contributed by atoms with van der Waals surface area (Å²) in [5, 5.41) is 17.5.